The second kappa shape index (κ2) is 11.6. The molecule has 198 valence electrons. The number of likely N-dealkylation sites (tertiary alicyclic amines) is 1. The lowest BCUT2D eigenvalue weighted by Gasteiger charge is -2.42. The maximum absolute atomic E-state index is 5.90. The summed E-state index contributed by atoms with van der Waals surface area (Å²) in [7, 11) is 0. The highest BCUT2D eigenvalue weighted by molar-refractivity contribution is 5.41. The fourth-order valence-corrected chi connectivity index (χ4v) is 5.99. The van der Waals surface area contributed by atoms with E-state index in [1.165, 1.54) is 24.0 Å². The van der Waals surface area contributed by atoms with Gasteiger partial charge in [0.1, 0.15) is 0 Å². The highest BCUT2D eigenvalue weighted by Gasteiger charge is 2.37. The first-order chi connectivity index (χ1) is 16.9. The zero-order chi connectivity index (χ0) is 26.6. The van der Waals surface area contributed by atoms with Crippen LogP contribution in [0, 0.1) is 11.3 Å². The van der Waals surface area contributed by atoms with E-state index in [0.717, 1.165) is 55.0 Å². The Balaban J connectivity index is 1.72. The van der Waals surface area contributed by atoms with E-state index in [1.807, 2.05) is 12.1 Å². The molecular weight excluding hydrogens is 440 g/mol. The molecule has 2 aliphatic rings. The van der Waals surface area contributed by atoms with Crippen LogP contribution >= 0.6 is 0 Å². The molecule has 5 atom stereocenters. The third-order valence-electron chi connectivity index (χ3n) is 8.17. The molecule has 0 spiro atoms. The molecule has 1 aromatic carbocycles. The molecule has 36 heavy (non-hydrogen) atoms. The highest BCUT2D eigenvalue weighted by atomic mass is 15.2. The van der Waals surface area contributed by atoms with E-state index in [2.05, 4.69) is 88.6 Å². The van der Waals surface area contributed by atoms with Crippen molar-refractivity contribution in [3.05, 3.63) is 78.8 Å². The number of allylic oxidation sites excluding steroid dienone is 1. The predicted octanol–water partition coefficient (Wildman–Crippen LogP) is 7.11. The Morgan fingerprint density at radius 1 is 1.14 bits per heavy atom. The van der Waals surface area contributed by atoms with Crippen LogP contribution < -0.4 is 16.4 Å². The third-order valence-corrected chi connectivity index (χ3v) is 8.17. The van der Waals surface area contributed by atoms with Gasteiger partial charge in [-0.15, -0.1) is 0 Å². The van der Waals surface area contributed by atoms with Gasteiger partial charge in [-0.25, -0.2) is 0 Å². The van der Waals surface area contributed by atoms with Gasteiger partial charge in [-0.3, -0.25) is 0 Å². The lowest BCUT2D eigenvalue weighted by molar-refractivity contribution is 0.233. The first kappa shape index (κ1) is 28.0. The second-order valence-corrected chi connectivity index (χ2v) is 12.2. The van der Waals surface area contributed by atoms with Crippen molar-refractivity contribution in [1.29, 1.82) is 0 Å². The van der Waals surface area contributed by atoms with Gasteiger partial charge in [0.05, 0.1) is 12.1 Å². The fourth-order valence-electron chi connectivity index (χ4n) is 5.99. The zero-order valence-electron chi connectivity index (χ0n) is 23.5. The van der Waals surface area contributed by atoms with Crippen LogP contribution in [0.5, 0.6) is 0 Å². The van der Waals surface area contributed by atoms with Crippen molar-refractivity contribution in [2.24, 2.45) is 11.3 Å². The Kier molecular flexibility index (Phi) is 9.03. The van der Waals surface area contributed by atoms with Gasteiger partial charge >= 0.3 is 0 Å². The Labute approximate surface area is 220 Å². The Hall–Kier alpha value is -2.62. The average molecular weight is 491 g/mol. The molecule has 0 bridgehead atoms. The van der Waals surface area contributed by atoms with E-state index in [9.17, 15) is 0 Å². The van der Waals surface area contributed by atoms with Crippen LogP contribution in [0.3, 0.4) is 0 Å². The molecule has 4 heteroatoms. The number of nitrogen functional groups attached to an aromatic ring is 1. The van der Waals surface area contributed by atoms with E-state index in [-0.39, 0.29) is 23.4 Å². The summed E-state index contributed by atoms with van der Waals surface area (Å²) in [6.45, 7) is 30.2. The van der Waals surface area contributed by atoms with Gasteiger partial charge in [0, 0.05) is 41.3 Å². The van der Waals surface area contributed by atoms with E-state index in [4.69, 9.17) is 5.73 Å². The van der Waals surface area contributed by atoms with Gasteiger partial charge in [-0.1, -0.05) is 85.1 Å². The Bertz CT molecular complexity index is 951. The first-order valence-corrected chi connectivity index (χ1v) is 13.8. The summed E-state index contributed by atoms with van der Waals surface area (Å²) < 4.78 is 0. The quantitative estimate of drug-likeness (QED) is 0.229. The maximum Gasteiger partial charge on any atom is 0.0701 e. The number of hydrogen-bond donors (Lipinski definition) is 3. The van der Waals surface area contributed by atoms with Crippen LogP contribution in [-0.4, -0.2) is 29.6 Å². The maximum atomic E-state index is 5.90. The van der Waals surface area contributed by atoms with Crippen LogP contribution in [-0.2, 0) is 0 Å². The number of nitrogens with zero attached hydrogens (tertiary/aromatic N) is 1. The fraction of sp³-hybridized carbons (Fsp3) is 0.562. The lowest BCUT2D eigenvalue weighted by atomic mass is 9.83. The van der Waals surface area contributed by atoms with Crippen molar-refractivity contribution in [2.45, 2.75) is 97.2 Å². The first-order valence-electron chi connectivity index (χ1n) is 13.8. The average Bonchev–Trinajstić information content (AvgIpc) is 3.43. The summed E-state index contributed by atoms with van der Waals surface area (Å²) in [5.41, 5.74) is 12.5. The van der Waals surface area contributed by atoms with Crippen molar-refractivity contribution in [2.75, 3.05) is 12.3 Å². The van der Waals surface area contributed by atoms with Gasteiger partial charge < -0.3 is 21.3 Å². The summed E-state index contributed by atoms with van der Waals surface area (Å²) in [5.74, 6) is 0.833. The van der Waals surface area contributed by atoms with E-state index < -0.39 is 0 Å². The molecular formula is C32H50N4. The summed E-state index contributed by atoms with van der Waals surface area (Å²) in [5, 5.41) is 7.63. The molecule has 3 rings (SSSR count). The highest BCUT2D eigenvalue weighted by Crippen LogP contribution is 2.37. The molecule has 1 saturated carbocycles. The third kappa shape index (κ3) is 6.57. The minimum absolute atomic E-state index is 0.0296. The van der Waals surface area contributed by atoms with Gasteiger partial charge in [-0.05, 0) is 61.1 Å². The number of anilines is 1. The predicted molar refractivity (Wildman–Crippen MR) is 156 cm³/mol. The van der Waals surface area contributed by atoms with Crippen LogP contribution in [0.15, 0.2) is 73.2 Å². The molecule has 1 aliphatic carbocycles. The van der Waals surface area contributed by atoms with E-state index in [1.54, 1.807) is 0 Å². The normalized spacial score (nSPS) is 23.9. The van der Waals surface area contributed by atoms with E-state index >= 15 is 0 Å². The summed E-state index contributed by atoms with van der Waals surface area (Å²) in [6.07, 6.45) is 6.93. The number of benzene rings is 1. The van der Waals surface area contributed by atoms with Gasteiger partial charge in [0.15, 0.2) is 0 Å². The zero-order valence-corrected chi connectivity index (χ0v) is 23.5. The van der Waals surface area contributed by atoms with Crippen LogP contribution in [0.4, 0.5) is 5.69 Å². The van der Waals surface area contributed by atoms with Crippen molar-refractivity contribution in [1.82, 2.24) is 15.5 Å². The molecule has 0 amide bonds. The van der Waals surface area contributed by atoms with Crippen LogP contribution in [0.25, 0.3) is 0 Å². The number of rotatable bonds is 11. The van der Waals surface area contributed by atoms with Gasteiger partial charge in [0.25, 0.3) is 0 Å². The topological polar surface area (TPSA) is 53.3 Å². The lowest BCUT2D eigenvalue weighted by Crippen LogP contribution is -2.49. The van der Waals surface area contributed by atoms with Crippen molar-refractivity contribution >= 4 is 5.69 Å². The molecule has 0 radical (unpaired) electrons. The van der Waals surface area contributed by atoms with Gasteiger partial charge in [-0.2, -0.15) is 0 Å². The largest absolute Gasteiger partial charge is 0.399 e. The molecule has 4 nitrogen and oxygen atoms in total. The molecule has 0 aromatic heterocycles. The van der Waals surface area contributed by atoms with E-state index in [0.29, 0.717) is 12.0 Å². The van der Waals surface area contributed by atoms with Crippen LogP contribution in [0.1, 0.15) is 84.6 Å². The molecule has 1 aromatic rings. The van der Waals surface area contributed by atoms with Crippen LogP contribution in [0.2, 0.25) is 0 Å². The summed E-state index contributed by atoms with van der Waals surface area (Å²) in [6, 6.07) is 8.87. The minimum atomic E-state index is -0.0296. The molecule has 1 heterocycles. The summed E-state index contributed by atoms with van der Waals surface area (Å²) >= 11 is 0. The Morgan fingerprint density at radius 3 is 2.42 bits per heavy atom. The molecule has 2 fully saturated rings. The summed E-state index contributed by atoms with van der Waals surface area (Å²) in [4.78, 5) is 2.48. The van der Waals surface area contributed by atoms with Crippen molar-refractivity contribution < 1.29 is 0 Å². The number of nitrogens with one attached hydrogen (secondary N) is 2. The smallest absolute Gasteiger partial charge is 0.0701 e. The standard InChI is InChI=1S/C32H50N4/c1-10-12-27-19-21(2)20-29(27)34-24(5)30-13-11-18-36(30)25(6)31(32(7,8)9)35-23(4)22(3)26-14-16-28(33)17-15-26/h14-17,22,27,29-31,34-35H,2,4-6,10-13,18-20,33H2,1,3,7-9H3/t22-,27-,29+,30+,31-/m1/s1. The molecule has 0 unspecified atom stereocenters. The molecule has 4 N–H and O–H groups in total. The van der Waals surface area contributed by atoms with Crippen molar-refractivity contribution in [3.63, 3.8) is 0 Å². The monoisotopic (exact) mass is 490 g/mol. The second-order valence-electron chi connectivity index (χ2n) is 12.2. The number of nitrogens with two attached hydrogens (primary N) is 1. The molecule has 1 aliphatic heterocycles. The minimum Gasteiger partial charge on any atom is -0.399 e. The van der Waals surface area contributed by atoms with Gasteiger partial charge in [0.2, 0.25) is 0 Å². The van der Waals surface area contributed by atoms with Crippen molar-refractivity contribution in [3.8, 4) is 0 Å². The Morgan fingerprint density at radius 2 is 1.81 bits per heavy atom. The molecule has 1 saturated heterocycles. The SMILES string of the molecule is C=C1C[C@@H](CCC)[C@@H](NC(=C)[C@@H]2CCCN2C(=C)[C@@H](NC(=C)[C@@H](C)c2ccc(N)cc2)C(C)(C)C)C1. The number of hydrogen-bond acceptors (Lipinski definition) is 4.